The Balaban J connectivity index is 2.05. The predicted molar refractivity (Wildman–Crippen MR) is 53.6 cm³/mol. The van der Waals surface area contributed by atoms with Crippen LogP contribution in [0.2, 0.25) is 0 Å². The molecule has 13 heavy (non-hydrogen) atoms. The summed E-state index contributed by atoms with van der Waals surface area (Å²) in [4.78, 5) is 8.27. The number of nitrogens with zero attached hydrogens (tertiary/aromatic N) is 2. The van der Waals surface area contributed by atoms with Crippen LogP contribution in [0.4, 0.5) is 0 Å². The van der Waals surface area contributed by atoms with E-state index >= 15 is 0 Å². The van der Waals surface area contributed by atoms with Crippen molar-refractivity contribution < 1.29 is 0 Å². The van der Waals surface area contributed by atoms with E-state index < -0.39 is 0 Å². The van der Waals surface area contributed by atoms with Crippen molar-refractivity contribution in [3.05, 3.63) is 36.2 Å². The zero-order valence-corrected chi connectivity index (χ0v) is 7.27. The van der Waals surface area contributed by atoms with Crippen molar-refractivity contribution in [3.8, 4) is 0 Å². The van der Waals surface area contributed by atoms with Crippen LogP contribution in [0.5, 0.6) is 0 Å². The summed E-state index contributed by atoms with van der Waals surface area (Å²) in [6.45, 7) is 1.83. The number of hydrogen-bond acceptors (Lipinski definition) is 3. The third-order valence-electron chi connectivity index (χ3n) is 1.82. The predicted octanol–water partition coefficient (Wildman–Crippen LogP) is 1.10. The molecule has 2 rings (SSSR count). The van der Waals surface area contributed by atoms with Gasteiger partial charge < -0.3 is 5.32 Å². The SMILES string of the molecule is C(=C\c1cccnc1)/C1=NCCN1. The number of aliphatic imine (C=N–C) groups is 1. The fraction of sp³-hybridized carbons (Fsp3) is 0.200. The minimum atomic E-state index is 0.882. The lowest BCUT2D eigenvalue weighted by Crippen LogP contribution is -2.15. The van der Waals surface area contributed by atoms with Gasteiger partial charge in [0.05, 0.1) is 6.54 Å². The highest BCUT2D eigenvalue weighted by molar-refractivity contribution is 5.97. The Morgan fingerprint density at radius 2 is 2.38 bits per heavy atom. The van der Waals surface area contributed by atoms with Crippen molar-refractivity contribution in [2.45, 2.75) is 0 Å². The topological polar surface area (TPSA) is 37.3 Å². The summed E-state index contributed by atoms with van der Waals surface area (Å²) >= 11 is 0. The van der Waals surface area contributed by atoms with Crippen LogP contribution >= 0.6 is 0 Å². The van der Waals surface area contributed by atoms with Crippen molar-refractivity contribution in [2.24, 2.45) is 4.99 Å². The molecule has 3 nitrogen and oxygen atoms in total. The first-order valence-corrected chi connectivity index (χ1v) is 4.31. The molecule has 1 aliphatic rings. The molecule has 1 aromatic heterocycles. The van der Waals surface area contributed by atoms with Crippen LogP contribution in [0.1, 0.15) is 5.56 Å². The molecule has 1 aliphatic heterocycles. The van der Waals surface area contributed by atoms with Gasteiger partial charge in [0.1, 0.15) is 5.84 Å². The Labute approximate surface area is 77.2 Å². The Bertz CT molecular complexity index is 327. The average molecular weight is 173 g/mol. The van der Waals surface area contributed by atoms with Gasteiger partial charge in [0, 0.05) is 18.9 Å². The van der Waals surface area contributed by atoms with Gasteiger partial charge in [0.2, 0.25) is 0 Å². The highest BCUT2D eigenvalue weighted by Gasteiger charge is 1.98. The van der Waals surface area contributed by atoms with Gasteiger partial charge in [-0.15, -0.1) is 0 Å². The molecule has 0 atom stereocenters. The molecule has 0 unspecified atom stereocenters. The second kappa shape index (κ2) is 3.85. The Morgan fingerprint density at radius 1 is 1.38 bits per heavy atom. The maximum atomic E-state index is 4.25. The van der Waals surface area contributed by atoms with Gasteiger partial charge >= 0.3 is 0 Å². The minimum absolute atomic E-state index is 0.882. The molecule has 0 bridgehead atoms. The van der Waals surface area contributed by atoms with Crippen molar-refractivity contribution >= 4 is 11.9 Å². The summed E-state index contributed by atoms with van der Waals surface area (Å²) in [5.41, 5.74) is 1.10. The summed E-state index contributed by atoms with van der Waals surface area (Å²) < 4.78 is 0. The van der Waals surface area contributed by atoms with Crippen molar-refractivity contribution in [2.75, 3.05) is 13.1 Å². The van der Waals surface area contributed by atoms with Gasteiger partial charge in [-0.05, 0) is 23.8 Å². The molecule has 0 spiro atoms. The molecule has 0 fully saturated rings. The van der Waals surface area contributed by atoms with E-state index in [-0.39, 0.29) is 0 Å². The van der Waals surface area contributed by atoms with Gasteiger partial charge in [-0.25, -0.2) is 0 Å². The standard InChI is InChI=1S/C10H11N3/c1-2-9(8-11-5-1)3-4-10-12-6-7-13-10/h1-5,8H,6-7H2,(H,12,13)/b4-3+. The van der Waals surface area contributed by atoms with E-state index in [1.165, 1.54) is 0 Å². The lowest BCUT2D eigenvalue weighted by molar-refractivity contribution is 0.961. The van der Waals surface area contributed by atoms with Crippen LogP contribution in [-0.4, -0.2) is 23.9 Å². The molecule has 2 heterocycles. The quantitative estimate of drug-likeness (QED) is 0.727. The van der Waals surface area contributed by atoms with Gasteiger partial charge in [-0.1, -0.05) is 6.07 Å². The zero-order chi connectivity index (χ0) is 8.93. The van der Waals surface area contributed by atoms with E-state index in [4.69, 9.17) is 0 Å². The summed E-state index contributed by atoms with van der Waals surface area (Å²) in [5, 5.41) is 3.17. The second-order valence-corrected chi connectivity index (χ2v) is 2.81. The largest absolute Gasteiger partial charge is 0.369 e. The molecule has 1 aromatic rings. The van der Waals surface area contributed by atoms with Crippen LogP contribution in [-0.2, 0) is 0 Å². The van der Waals surface area contributed by atoms with Crippen LogP contribution in [0.3, 0.4) is 0 Å². The molecular weight excluding hydrogens is 162 g/mol. The maximum absolute atomic E-state index is 4.25. The third-order valence-corrected chi connectivity index (χ3v) is 1.82. The molecule has 0 saturated heterocycles. The smallest absolute Gasteiger partial charge is 0.120 e. The number of nitrogens with one attached hydrogen (secondary N) is 1. The number of pyridine rings is 1. The van der Waals surface area contributed by atoms with E-state index in [0.29, 0.717) is 0 Å². The van der Waals surface area contributed by atoms with Gasteiger partial charge in [0.25, 0.3) is 0 Å². The second-order valence-electron chi connectivity index (χ2n) is 2.81. The van der Waals surface area contributed by atoms with E-state index in [1.54, 1.807) is 6.20 Å². The Kier molecular flexibility index (Phi) is 2.36. The summed E-state index contributed by atoms with van der Waals surface area (Å²) in [6.07, 6.45) is 7.57. The monoisotopic (exact) mass is 173 g/mol. The average Bonchev–Trinajstić information content (AvgIpc) is 2.69. The maximum Gasteiger partial charge on any atom is 0.120 e. The summed E-state index contributed by atoms with van der Waals surface area (Å²) in [5.74, 6) is 0.962. The first kappa shape index (κ1) is 7.98. The number of hydrogen-bond donors (Lipinski definition) is 1. The fourth-order valence-corrected chi connectivity index (χ4v) is 1.18. The molecule has 66 valence electrons. The molecule has 3 heteroatoms. The molecule has 1 N–H and O–H groups in total. The normalized spacial score (nSPS) is 15.8. The molecular formula is C10H11N3. The molecule has 0 aromatic carbocycles. The van der Waals surface area contributed by atoms with Crippen LogP contribution < -0.4 is 5.32 Å². The van der Waals surface area contributed by atoms with E-state index in [2.05, 4.69) is 15.3 Å². The van der Waals surface area contributed by atoms with Crippen molar-refractivity contribution in [3.63, 3.8) is 0 Å². The highest BCUT2D eigenvalue weighted by Crippen LogP contribution is 1.99. The third kappa shape index (κ3) is 2.15. The van der Waals surface area contributed by atoms with E-state index in [9.17, 15) is 0 Å². The van der Waals surface area contributed by atoms with Crippen molar-refractivity contribution in [1.82, 2.24) is 10.3 Å². The van der Waals surface area contributed by atoms with Crippen molar-refractivity contribution in [1.29, 1.82) is 0 Å². The minimum Gasteiger partial charge on any atom is -0.369 e. The van der Waals surface area contributed by atoms with E-state index in [0.717, 1.165) is 24.5 Å². The van der Waals surface area contributed by atoms with E-state index in [1.807, 2.05) is 30.5 Å². The van der Waals surface area contributed by atoms with Crippen LogP contribution in [0.25, 0.3) is 6.08 Å². The lowest BCUT2D eigenvalue weighted by atomic mass is 10.2. The molecule has 0 saturated carbocycles. The van der Waals surface area contributed by atoms with Gasteiger partial charge in [-0.3, -0.25) is 9.98 Å². The first-order chi connectivity index (χ1) is 6.45. The number of rotatable bonds is 2. The number of aromatic nitrogens is 1. The van der Waals surface area contributed by atoms with Crippen LogP contribution in [0, 0.1) is 0 Å². The Hall–Kier alpha value is -1.64. The number of amidine groups is 1. The first-order valence-electron chi connectivity index (χ1n) is 4.31. The van der Waals surface area contributed by atoms with Gasteiger partial charge in [-0.2, -0.15) is 0 Å². The van der Waals surface area contributed by atoms with Crippen LogP contribution in [0.15, 0.2) is 35.6 Å². The molecule has 0 amide bonds. The Morgan fingerprint density at radius 3 is 3.08 bits per heavy atom. The summed E-state index contributed by atoms with van der Waals surface area (Å²) in [7, 11) is 0. The van der Waals surface area contributed by atoms with Gasteiger partial charge in [0.15, 0.2) is 0 Å². The molecule has 0 radical (unpaired) electrons. The molecule has 0 aliphatic carbocycles. The highest BCUT2D eigenvalue weighted by atomic mass is 15.1. The zero-order valence-electron chi connectivity index (χ0n) is 7.27. The lowest BCUT2D eigenvalue weighted by Gasteiger charge is -1.93. The fourth-order valence-electron chi connectivity index (χ4n) is 1.18. The summed E-state index contributed by atoms with van der Waals surface area (Å²) in [6, 6.07) is 3.93.